The summed E-state index contributed by atoms with van der Waals surface area (Å²) in [6, 6.07) is 9.61. The number of nitrogens with zero attached hydrogens (tertiary/aromatic N) is 1. The van der Waals surface area contributed by atoms with Crippen LogP contribution in [-0.2, 0) is 6.42 Å². The van der Waals surface area contributed by atoms with Gasteiger partial charge in [0, 0.05) is 19.2 Å². The van der Waals surface area contributed by atoms with E-state index < -0.39 is 0 Å². The highest BCUT2D eigenvalue weighted by molar-refractivity contribution is 6.06. The standard InChI is InChI=1S/C15H17NO2/c1-4-14-13(8-9-18-14)15(17)16(3)12-7-5-6-11(2)10-12/h5-10H,4H2,1-3H3. The lowest BCUT2D eigenvalue weighted by atomic mass is 10.1. The van der Waals surface area contributed by atoms with Crippen molar-refractivity contribution in [2.75, 3.05) is 11.9 Å². The molecule has 0 unspecified atom stereocenters. The quantitative estimate of drug-likeness (QED) is 0.827. The molecule has 2 aromatic rings. The Balaban J connectivity index is 2.29. The van der Waals surface area contributed by atoms with Crippen LogP contribution in [0, 0.1) is 6.92 Å². The van der Waals surface area contributed by atoms with Crippen LogP contribution in [0.3, 0.4) is 0 Å². The van der Waals surface area contributed by atoms with E-state index in [1.165, 1.54) is 0 Å². The lowest BCUT2D eigenvalue weighted by Gasteiger charge is -2.17. The molecule has 3 nitrogen and oxygen atoms in total. The molecule has 0 bridgehead atoms. The van der Waals surface area contributed by atoms with Crippen LogP contribution >= 0.6 is 0 Å². The van der Waals surface area contributed by atoms with Gasteiger partial charge in [0.25, 0.3) is 5.91 Å². The van der Waals surface area contributed by atoms with Crippen molar-refractivity contribution in [2.24, 2.45) is 0 Å². The molecule has 0 spiro atoms. The number of benzene rings is 1. The Morgan fingerprint density at radius 1 is 1.33 bits per heavy atom. The lowest BCUT2D eigenvalue weighted by molar-refractivity contribution is 0.0991. The molecular formula is C15H17NO2. The molecule has 0 aliphatic carbocycles. The lowest BCUT2D eigenvalue weighted by Crippen LogP contribution is -2.26. The fourth-order valence-corrected chi connectivity index (χ4v) is 1.94. The van der Waals surface area contributed by atoms with Gasteiger partial charge in [-0.1, -0.05) is 19.1 Å². The highest BCUT2D eigenvalue weighted by atomic mass is 16.3. The summed E-state index contributed by atoms with van der Waals surface area (Å²) in [6.07, 6.45) is 2.28. The number of anilines is 1. The van der Waals surface area contributed by atoms with Crippen LogP contribution in [0.4, 0.5) is 5.69 Å². The fraction of sp³-hybridized carbons (Fsp3) is 0.267. The number of carbonyl (C=O) groups excluding carboxylic acids is 1. The first-order chi connectivity index (χ1) is 8.63. The van der Waals surface area contributed by atoms with E-state index in [1.807, 2.05) is 38.1 Å². The Labute approximate surface area is 107 Å². The Morgan fingerprint density at radius 3 is 2.78 bits per heavy atom. The summed E-state index contributed by atoms with van der Waals surface area (Å²) < 4.78 is 5.30. The minimum absolute atomic E-state index is 0.0359. The first-order valence-electron chi connectivity index (χ1n) is 6.04. The number of aryl methyl sites for hydroxylation is 2. The third-order valence-corrected chi connectivity index (χ3v) is 2.99. The monoisotopic (exact) mass is 243 g/mol. The van der Waals surface area contributed by atoms with E-state index in [9.17, 15) is 4.79 Å². The van der Waals surface area contributed by atoms with E-state index in [-0.39, 0.29) is 5.91 Å². The third kappa shape index (κ3) is 2.30. The number of rotatable bonds is 3. The van der Waals surface area contributed by atoms with Crippen molar-refractivity contribution < 1.29 is 9.21 Å². The van der Waals surface area contributed by atoms with Gasteiger partial charge in [-0.3, -0.25) is 4.79 Å². The van der Waals surface area contributed by atoms with Gasteiger partial charge in [0.05, 0.1) is 11.8 Å². The molecule has 0 saturated heterocycles. The molecule has 2 rings (SSSR count). The Bertz CT molecular complexity index is 557. The molecule has 94 valence electrons. The molecule has 0 fully saturated rings. The molecule has 1 amide bonds. The molecule has 0 N–H and O–H groups in total. The summed E-state index contributed by atoms with van der Waals surface area (Å²) in [5.41, 5.74) is 2.67. The van der Waals surface area contributed by atoms with Gasteiger partial charge in [-0.05, 0) is 30.7 Å². The number of hydrogen-bond acceptors (Lipinski definition) is 2. The molecule has 1 aromatic carbocycles. The second kappa shape index (κ2) is 5.08. The highest BCUT2D eigenvalue weighted by Crippen LogP contribution is 2.19. The van der Waals surface area contributed by atoms with Crippen LogP contribution in [0.5, 0.6) is 0 Å². The number of carbonyl (C=O) groups is 1. The zero-order valence-corrected chi connectivity index (χ0v) is 10.9. The molecule has 1 heterocycles. The molecule has 0 radical (unpaired) electrons. The summed E-state index contributed by atoms with van der Waals surface area (Å²) in [5, 5.41) is 0. The minimum atomic E-state index is -0.0359. The summed E-state index contributed by atoms with van der Waals surface area (Å²) in [7, 11) is 1.78. The molecule has 0 saturated carbocycles. The Hall–Kier alpha value is -2.03. The molecule has 0 aliphatic rings. The number of amides is 1. The van der Waals surface area contributed by atoms with E-state index >= 15 is 0 Å². The predicted molar refractivity (Wildman–Crippen MR) is 72.0 cm³/mol. The van der Waals surface area contributed by atoms with Crippen LogP contribution in [0.1, 0.15) is 28.6 Å². The Morgan fingerprint density at radius 2 is 2.11 bits per heavy atom. The number of hydrogen-bond donors (Lipinski definition) is 0. The molecule has 18 heavy (non-hydrogen) atoms. The zero-order valence-electron chi connectivity index (χ0n) is 10.9. The predicted octanol–water partition coefficient (Wildman–Crippen LogP) is 3.43. The zero-order chi connectivity index (χ0) is 13.1. The van der Waals surface area contributed by atoms with Crippen LogP contribution in [0.2, 0.25) is 0 Å². The van der Waals surface area contributed by atoms with Gasteiger partial charge >= 0.3 is 0 Å². The smallest absolute Gasteiger partial charge is 0.261 e. The van der Waals surface area contributed by atoms with Gasteiger partial charge in [0.2, 0.25) is 0 Å². The van der Waals surface area contributed by atoms with Gasteiger partial charge in [-0.2, -0.15) is 0 Å². The SMILES string of the molecule is CCc1occc1C(=O)N(C)c1cccc(C)c1. The average Bonchev–Trinajstić information content (AvgIpc) is 2.85. The van der Waals surface area contributed by atoms with Crippen molar-refractivity contribution in [2.45, 2.75) is 20.3 Å². The minimum Gasteiger partial charge on any atom is -0.469 e. The van der Waals surface area contributed by atoms with Crippen molar-refractivity contribution in [3.63, 3.8) is 0 Å². The van der Waals surface area contributed by atoms with E-state index in [2.05, 4.69) is 0 Å². The van der Waals surface area contributed by atoms with Crippen LogP contribution in [0.25, 0.3) is 0 Å². The average molecular weight is 243 g/mol. The fourth-order valence-electron chi connectivity index (χ4n) is 1.94. The van der Waals surface area contributed by atoms with E-state index in [0.717, 1.165) is 23.4 Å². The van der Waals surface area contributed by atoms with Crippen molar-refractivity contribution in [3.8, 4) is 0 Å². The molecule has 1 aromatic heterocycles. The molecule has 3 heteroatoms. The summed E-state index contributed by atoms with van der Waals surface area (Å²) in [6.45, 7) is 3.99. The molecule has 0 aliphatic heterocycles. The van der Waals surface area contributed by atoms with Gasteiger partial charge in [-0.15, -0.1) is 0 Å². The first kappa shape index (κ1) is 12.4. The highest BCUT2D eigenvalue weighted by Gasteiger charge is 2.18. The second-order valence-electron chi connectivity index (χ2n) is 4.31. The van der Waals surface area contributed by atoms with Crippen molar-refractivity contribution >= 4 is 11.6 Å². The summed E-state index contributed by atoms with van der Waals surface area (Å²) >= 11 is 0. The van der Waals surface area contributed by atoms with Crippen molar-refractivity contribution in [3.05, 3.63) is 53.5 Å². The van der Waals surface area contributed by atoms with Gasteiger partial charge in [0.15, 0.2) is 0 Å². The van der Waals surface area contributed by atoms with Gasteiger partial charge < -0.3 is 9.32 Å². The third-order valence-electron chi connectivity index (χ3n) is 2.99. The van der Waals surface area contributed by atoms with Gasteiger partial charge in [0.1, 0.15) is 5.76 Å². The van der Waals surface area contributed by atoms with Crippen molar-refractivity contribution in [1.82, 2.24) is 0 Å². The maximum absolute atomic E-state index is 12.4. The normalized spacial score (nSPS) is 10.4. The largest absolute Gasteiger partial charge is 0.469 e. The van der Waals surface area contributed by atoms with E-state index in [0.29, 0.717) is 5.56 Å². The van der Waals surface area contributed by atoms with E-state index in [1.54, 1.807) is 24.3 Å². The summed E-state index contributed by atoms with van der Waals surface area (Å²) in [5.74, 6) is 0.700. The topological polar surface area (TPSA) is 33.5 Å². The van der Waals surface area contributed by atoms with Gasteiger partial charge in [-0.25, -0.2) is 0 Å². The van der Waals surface area contributed by atoms with Crippen molar-refractivity contribution in [1.29, 1.82) is 0 Å². The Kier molecular flexibility index (Phi) is 3.51. The van der Waals surface area contributed by atoms with Crippen LogP contribution in [-0.4, -0.2) is 13.0 Å². The van der Waals surface area contributed by atoms with Crippen LogP contribution in [0.15, 0.2) is 41.0 Å². The first-order valence-corrected chi connectivity index (χ1v) is 6.04. The molecule has 0 atom stereocenters. The van der Waals surface area contributed by atoms with E-state index in [4.69, 9.17) is 4.42 Å². The maximum atomic E-state index is 12.4. The second-order valence-corrected chi connectivity index (χ2v) is 4.31. The summed E-state index contributed by atoms with van der Waals surface area (Å²) in [4.78, 5) is 14.0. The molecular weight excluding hydrogens is 226 g/mol. The van der Waals surface area contributed by atoms with Crippen LogP contribution < -0.4 is 4.90 Å². The number of furan rings is 1. The maximum Gasteiger partial charge on any atom is 0.261 e.